The number of nitrogens with zero attached hydrogens (tertiary/aromatic N) is 1. The first kappa shape index (κ1) is 31.4. The van der Waals surface area contributed by atoms with E-state index in [1.807, 2.05) is 41.3 Å². The summed E-state index contributed by atoms with van der Waals surface area (Å²) in [5, 5.41) is 4.46. The monoisotopic (exact) mass is 797 g/mol. The summed E-state index contributed by atoms with van der Waals surface area (Å²) in [4.78, 5) is 1.93. The Balaban J connectivity index is 1.11. The van der Waals surface area contributed by atoms with Gasteiger partial charge in [-0.1, -0.05) is 194 Å². The van der Waals surface area contributed by atoms with Crippen molar-refractivity contribution in [2.24, 2.45) is 0 Å². The van der Waals surface area contributed by atoms with Gasteiger partial charge in [0.2, 0.25) is 0 Å². The molecular formula is C59H39NS. The van der Waals surface area contributed by atoms with E-state index >= 15 is 0 Å². The Morgan fingerprint density at radius 3 is 1.74 bits per heavy atom. The molecule has 0 saturated heterocycles. The van der Waals surface area contributed by atoms with E-state index in [0.717, 1.165) is 81.3 Å². The van der Waals surface area contributed by atoms with Crippen molar-refractivity contribution in [3.63, 3.8) is 0 Å². The fourth-order valence-electron chi connectivity index (χ4n) is 9.74. The van der Waals surface area contributed by atoms with Crippen molar-refractivity contribution in [3.8, 4) is 33.4 Å². The predicted octanol–water partition coefficient (Wildman–Crippen LogP) is 16.4. The zero-order valence-corrected chi connectivity index (χ0v) is 33.9. The van der Waals surface area contributed by atoms with Gasteiger partial charge in [0.15, 0.2) is 0 Å². The molecule has 11 aromatic rings. The SMILES string of the molecule is [2H]c1c([2H])c(N(c2ccc(-c3cccc4ccccc34)cc2)c2ccc3c(c2)C(c2ccccc2)(c2ccccc2)c2ccccc2-3)c([2H])c([2H])c1-c1cccc2c1sc1ccccc12. The molecule has 0 fully saturated rings. The molecule has 286 valence electrons. The molecule has 0 saturated carbocycles. The Bertz CT molecular complexity index is 3580. The van der Waals surface area contributed by atoms with E-state index in [-0.39, 0.29) is 29.9 Å². The van der Waals surface area contributed by atoms with E-state index < -0.39 is 5.41 Å². The Kier molecular flexibility index (Phi) is 7.38. The second kappa shape index (κ2) is 14.3. The first-order valence-corrected chi connectivity index (χ1v) is 21.5. The van der Waals surface area contributed by atoms with Gasteiger partial charge in [-0.05, 0) is 109 Å². The minimum absolute atomic E-state index is 0.0835. The summed E-state index contributed by atoms with van der Waals surface area (Å²) in [6.07, 6.45) is 0. The van der Waals surface area contributed by atoms with E-state index in [0.29, 0.717) is 11.1 Å². The number of thiophene rings is 1. The van der Waals surface area contributed by atoms with Crippen LogP contribution in [0.25, 0.3) is 64.3 Å². The van der Waals surface area contributed by atoms with Crippen molar-refractivity contribution in [2.75, 3.05) is 4.90 Å². The van der Waals surface area contributed by atoms with E-state index in [2.05, 4.69) is 176 Å². The number of rotatable bonds is 7. The largest absolute Gasteiger partial charge is 0.310 e. The summed E-state index contributed by atoms with van der Waals surface area (Å²) in [6, 6.07) is 73.2. The molecule has 10 aromatic carbocycles. The first-order chi connectivity index (χ1) is 31.9. The first-order valence-electron chi connectivity index (χ1n) is 22.7. The predicted molar refractivity (Wildman–Crippen MR) is 260 cm³/mol. The third kappa shape index (κ3) is 5.60. The average Bonchev–Trinajstić information content (AvgIpc) is 3.89. The van der Waals surface area contributed by atoms with Crippen LogP contribution >= 0.6 is 11.3 Å². The van der Waals surface area contributed by atoms with Gasteiger partial charge >= 0.3 is 0 Å². The van der Waals surface area contributed by atoms with Crippen LogP contribution in [0, 0.1) is 0 Å². The second-order valence-corrected chi connectivity index (χ2v) is 16.7. The lowest BCUT2D eigenvalue weighted by Crippen LogP contribution is -2.28. The quantitative estimate of drug-likeness (QED) is 0.155. The van der Waals surface area contributed by atoms with Crippen LogP contribution in [-0.2, 0) is 5.41 Å². The van der Waals surface area contributed by atoms with Crippen LogP contribution in [0.2, 0.25) is 0 Å². The molecule has 1 nitrogen and oxygen atoms in total. The lowest BCUT2D eigenvalue weighted by Gasteiger charge is -2.35. The molecule has 1 aliphatic carbocycles. The van der Waals surface area contributed by atoms with Gasteiger partial charge in [-0.15, -0.1) is 11.3 Å². The molecule has 0 radical (unpaired) electrons. The van der Waals surface area contributed by atoms with E-state index in [1.54, 1.807) is 11.3 Å². The Hall–Kier alpha value is -7.52. The van der Waals surface area contributed by atoms with Crippen LogP contribution in [0.5, 0.6) is 0 Å². The molecule has 0 spiro atoms. The standard InChI is InChI=1S/C59H39NS/c1-3-17-43(18-4-1)59(44-19-5-2-6-20-44)55-27-11-9-22-51(55)52-38-37-47(39-56(52)59)60(45-33-29-41(30-34-45)49-24-13-16-40-15-7-8-21-48(40)49)46-35-31-42(32-36-46)50-25-14-26-54-53-23-10-12-28-57(53)61-58(50)54/h1-39H/i31D,32D,35D,36D. The normalized spacial score (nSPS) is 13.6. The average molecular weight is 798 g/mol. The van der Waals surface area contributed by atoms with Gasteiger partial charge in [0.1, 0.15) is 0 Å². The molecule has 0 aliphatic heterocycles. The lowest BCUT2D eigenvalue weighted by molar-refractivity contribution is 0.768. The van der Waals surface area contributed by atoms with Crippen LogP contribution in [-0.4, -0.2) is 0 Å². The van der Waals surface area contributed by atoms with Gasteiger partial charge in [-0.25, -0.2) is 0 Å². The highest BCUT2D eigenvalue weighted by molar-refractivity contribution is 7.26. The highest BCUT2D eigenvalue weighted by atomic mass is 32.1. The van der Waals surface area contributed by atoms with Gasteiger partial charge < -0.3 is 4.90 Å². The number of hydrogen-bond acceptors (Lipinski definition) is 2. The zero-order valence-electron chi connectivity index (χ0n) is 37.1. The minimum Gasteiger partial charge on any atom is -0.310 e. The summed E-state index contributed by atoms with van der Waals surface area (Å²) in [5.41, 5.74) is 10.9. The van der Waals surface area contributed by atoms with Crippen LogP contribution in [0.3, 0.4) is 0 Å². The molecule has 12 rings (SSSR count). The maximum atomic E-state index is 9.91. The fraction of sp³-hybridized carbons (Fsp3) is 0.0169. The van der Waals surface area contributed by atoms with Crippen molar-refractivity contribution in [1.29, 1.82) is 0 Å². The molecule has 1 heterocycles. The number of fused-ring (bicyclic) bond motifs is 7. The molecule has 0 bridgehead atoms. The van der Waals surface area contributed by atoms with Crippen molar-refractivity contribution in [2.45, 2.75) is 5.41 Å². The van der Waals surface area contributed by atoms with E-state index in [4.69, 9.17) is 0 Å². The molecule has 0 unspecified atom stereocenters. The number of anilines is 3. The minimum atomic E-state index is -0.685. The lowest BCUT2D eigenvalue weighted by atomic mass is 9.67. The Labute approximate surface area is 365 Å². The summed E-state index contributed by atoms with van der Waals surface area (Å²) in [5.74, 6) is 0. The summed E-state index contributed by atoms with van der Waals surface area (Å²) in [6.45, 7) is 0. The third-order valence-corrected chi connectivity index (χ3v) is 13.7. The number of hydrogen-bond donors (Lipinski definition) is 0. The zero-order chi connectivity index (χ0) is 43.8. The molecule has 0 N–H and O–H groups in total. The fourth-order valence-corrected chi connectivity index (χ4v) is 11.0. The van der Waals surface area contributed by atoms with Crippen LogP contribution in [0.1, 0.15) is 27.7 Å². The molecule has 61 heavy (non-hydrogen) atoms. The molecule has 1 aliphatic rings. The highest BCUT2D eigenvalue weighted by Gasteiger charge is 2.46. The van der Waals surface area contributed by atoms with Crippen LogP contribution < -0.4 is 4.90 Å². The molecule has 0 atom stereocenters. The summed E-state index contributed by atoms with van der Waals surface area (Å²) < 4.78 is 41.4. The second-order valence-electron chi connectivity index (χ2n) is 15.7. The summed E-state index contributed by atoms with van der Waals surface area (Å²) in [7, 11) is 0. The smallest absolute Gasteiger partial charge is 0.0714 e. The van der Waals surface area contributed by atoms with Crippen molar-refractivity contribution in [1.82, 2.24) is 0 Å². The van der Waals surface area contributed by atoms with Crippen molar-refractivity contribution in [3.05, 3.63) is 259 Å². The number of benzene rings is 10. The van der Waals surface area contributed by atoms with Crippen molar-refractivity contribution >= 4 is 59.3 Å². The van der Waals surface area contributed by atoms with Gasteiger partial charge in [0, 0.05) is 37.2 Å². The third-order valence-electron chi connectivity index (χ3n) is 12.4. The Morgan fingerprint density at radius 1 is 0.377 bits per heavy atom. The maximum Gasteiger partial charge on any atom is 0.0714 e. The topological polar surface area (TPSA) is 3.24 Å². The van der Waals surface area contributed by atoms with Crippen LogP contribution in [0.4, 0.5) is 17.1 Å². The van der Waals surface area contributed by atoms with E-state index in [1.165, 1.54) is 5.56 Å². The van der Waals surface area contributed by atoms with Crippen molar-refractivity contribution < 1.29 is 5.48 Å². The molecular weight excluding hydrogens is 755 g/mol. The molecule has 2 heteroatoms. The van der Waals surface area contributed by atoms with Gasteiger partial charge in [-0.2, -0.15) is 0 Å². The highest BCUT2D eigenvalue weighted by Crippen LogP contribution is 2.57. The summed E-state index contributed by atoms with van der Waals surface area (Å²) >= 11 is 1.62. The van der Waals surface area contributed by atoms with Crippen LogP contribution in [0.15, 0.2) is 236 Å². The van der Waals surface area contributed by atoms with Gasteiger partial charge in [-0.3, -0.25) is 0 Å². The Morgan fingerprint density at radius 2 is 0.951 bits per heavy atom. The van der Waals surface area contributed by atoms with E-state index in [9.17, 15) is 5.48 Å². The molecule has 1 aromatic heterocycles. The van der Waals surface area contributed by atoms with Gasteiger partial charge in [0.05, 0.1) is 10.9 Å². The maximum absolute atomic E-state index is 9.91. The molecule has 0 amide bonds. The van der Waals surface area contributed by atoms with Gasteiger partial charge in [0.25, 0.3) is 0 Å².